The molecule has 1 saturated heterocycles. The molecule has 2 amide bonds. The number of hydrogen-bond donors (Lipinski definition) is 2. The van der Waals surface area contributed by atoms with Crippen LogP contribution in [0.2, 0.25) is 0 Å². The summed E-state index contributed by atoms with van der Waals surface area (Å²) in [5.74, 6) is 0.183. The Kier molecular flexibility index (Phi) is 6.80. The van der Waals surface area contributed by atoms with Crippen LogP contribution in [0.5, 0.6) is 0 Å². The summed E-state index contributed by atoms with van der Waals surface area (Å²) in [5.41, 5.74) is 5.80. The number of carbonyl (C=O) groups is 2. The van der Waals surface area contributed by atoms with Gasteiger partial charge in [-0.15, -0.1) is 0 Å². The molecule has 0 radical (unpaired) electrons. The molecular formula is C13H26N4O2. The summed E-state index contributed by atoms with van der Waals surface area (Å²) in [6.07, 6.45) is 1.25. The Morgan fingerprint density at radius 2 is 1.84 bits per heavy atom. The van der Waals surface area contributed by atoms with E-state index in [9.17, 15) is 9.59 Å². The van der Waals surface area contributed by atoms with Gasteiger partial charge < -0.3 is 16.0 Å². The van der Waals surface area contributed by atoms with Crippen LogP contribution < -0.4 is 11.1 Å². The number of piperazine rings is 1. The first kappa shape index (κ1) is 15.9. The first-order valence-corrected chi connectivity index (χ1v) is 7.09. The van der Waals surface area contributed by atoms with Crippen molar-refractivity contribution in [3.05, 3.63) is 0 Å². The van der Waals surface area contributed by atoms with E-state index in [2.05, 4.69) is 10.2 Å². The third kappa shape index (κ3) is 5.57. The minimum absolute atomic E-state index is 0.0409. The Morgan fingerprint density at radius 1 is 1.21 bits per heavy atom. The molecule has 0 aromatic heterocycles. The zero-order valence-corrected chi connectivity index (χ0v) is 12.0. The quantitative estimate of drug-likeness (QED) is 0.675. The SMILES string of the molecule is CCNC(=O)CN1CCN(C(=O)CC(N)CC)CC1. The lowest BCUT2D eigenvalue weighted by Crippen LogP contribution is -2.51. The standard InChI is InChI=1S/C13H26N4O2/c1-3-11(14)9-13(19)17-7-5-16(6-8-17)10-12(18)15-4-2/h11H,3-10,14H2,1-2H3,(H,15,18). The maximum atomic E-state index is 11.9. The number of rotatable bonds is 6. The normalized spacial score (nSPS) is 18.2. The van der Waals surface area contributed by atoms with E-state index in [1.807, 2.05) is 18.7 Å². The van der Waals surface area contributed by atoms with Crippen LogP contribution in [0.1, 0.15) is 26.7 Å². The third-order valence-corrected chi connectivity index (χ3v) is 3.43. The Balaban J connectivity index is 2.28. The first-order valence-electron chi connectivity index (χ1n) is 7.09. The lowest BCUT2D eigenvalue weighted by molar-refractivity contribution is -0.133. The van der Waals surface area contributed by atoms with E-state index in [1.54, 1.807) is 0 Å². The minimum Gasteiger partial charge on any atom is -0.355 e. The second-order valence-electron chi connectivity index (χ2n) is 4.98. The van der Waals surface area contributed by atoms with Gasteiger partial charge >= 0.3 is 0 Å². The largest absolute Gasteiger partial charge is 0.355 e. The van der Waals surface area contributed by atoms with Gasteiger partial charge in [0.25, 0.3) is 0 Å². The van der Waals surface area contributed by atoms with Crippen molar-refractivity contribution in [2.24, 2.45) is 5.73 Å². The molecule has 1 rings (SSSR count). The highest BCUT2D eigenvalue weighted by Gasteiger charge is 2.22. The molecule has 1 aliphatic rings. The van der Waals surface area contributed by atoms with Gasteiger partial charge in [0.05, 0.1) is 6.54 Å². The summed E-state index contributed by atoms with van der Waals surface area (Å²) >= 11 is 0. The molecule has 3 N–H and O–H groups in total. The summed E-state index contributed by atoms with van der Waals surface area (Å²) in [4.78, 5) is 27.3. The maximum Gasteiger partial charge on any atom is 0.234 e. The highest BCUT2D eigenvalue weighted by Crippen LogP contribution is 2.05. The van der Waals surface area contributed by atoms with Gasteiger partial charge in [0.15, 0.2) is 0 Å². The van der Waals surface area contributed by atoms with E-state index in [0.29, 0.717) is 32.6 Å². The summed E-state index contributed by atoms with van der Waals surface area (Å²) in [6, 6.07) is -0.0409. The second-order valence-corrected chi connectivity index (χ2v) is 4.98. The molecule has 19 heavy (non-hydrogen) atoms. The smallest absolute Gasteiger partial charge is 0.234 e. The monoisotopic (exact) mass is 270 g/mol. The average molecular weight is 270 g/mol. The first-order chi connectivity index (χ1) is 9.06. The Hall–Kier alpha value is -1.14. The molecule has 6 heteroatoms. The number of hydrogen-bond acceptors (Lipinski definition) is 4. The van der Waals surface area contributed by atoms with Gasteiger partial charge in [-0.25, -0.2) is 0 Å². The van der Waals surface area contributed by atoms with E-state index in [1.165, 1.54) is 0 Å². The van der Waals surface area contributed by atoms with Crippen molar-refractivity contribution < 1.29 is 9.59 Å². The predicted octanol–water partition coefficient (Wildman–Crippen LogP) is -0.606. The van der Waals surface area contributed by atoms with E-state index in [-0.39, 0.29) is 17.9 Å². The zero-order valence-electron chi connectivity index (χ0n) is 12.0. The molecule has 0 aliphatic carbocycles. The molecule has 1 aliphatic heterocycles. The van der Waals surface area contributed by atoms with E-state index >= 15 is 0 Å². The highest BCUT2D eigenvalue weighted by molar-refractivity contribution is 5.78. The molecule has 1 fully saturated rings. The molecule has 0 spiro atoms. The van der Waals surface area contributed by atoms with Gasteiger partial charge in [-0.05, 0) is 13.3 Å². The molecule has 0 aromatic rings. The van der Waals surface area contributed by atoms with Crippen molar-refractivity contribution in [1.29, 1.82) is 0 Å². The lowest BCUT2D eigenvalue weighted by atomic mass is 10.1. The Morgan fingerprint density at radius 3 is 2.37 bits per heavy atom. The lowest BCUT2D eigenvalue weighted by Gasteiger charge is -2.34. The van der Waals surface area contributed by atoms with Crippen LogP contribution in [0.15, 0.2) is 0 Å². The summed E-state index contributed by atoms with van der Waals surface area (Å²) < 4.78 is 0. The van der Waals surface area contributed by atoms with Gasteiger partial charge in [0, 0.05) is 45.2 Å². The fourth-order valence-corrected chi connectivity index (χ4v) is 2.11. The van der Waals surface area contributed by atoms with Crippen molar-refractivity contribution in [2.45, 2.75) is 32.7 Å². The highest BCUT2D eigenvalue weighted by atomic mass is 16.2. The van der Waals surface area contributed by atoms with E-state index < -0.39 is 0 Å². The summed E-state index contributed by atoms with van der Waals surface area (Å²) in [6.45, 7) is 7.86. The summed E-state index contributed by atoms with van der Waals surface area (Å²) in [5, 5.41) is 2.78. The number of nitrogens with zero attached hydrogens (tertiary/aromatic N) is 2. The number of nitrogens with two attached hydrogens (primary N) is 1. The molecule has 0 saturated carbocycles. The van der Waals surface area contributed by atoms with Crippen LogP contribution in [0.25, 0.3) is 0 Å². The van der Waals surface area contributed by atoms with Crippen LogP contribution in [-0.2, 0) is 9.59 Å². The van der Waals surface area contributed by atoms with Crippen LogP contribution in [0.4, 0.5) is 0 Å². The fourth-order valence-electron chi connectivity index (χ4n) is 2.11. The van der Waals surface area contributed by atoms with Crippen molar-refractivity contribution in [2.75, 3.05) is 39.3 Å². The van der Waals surface area contributed by atoms with Crippen LogP contribution in [0.3, 0.4) is 0 Å². The fraction of sp³-hybridized carbons (Fsp3) is 0.846. The van der Waals surface area contributed by atoms with Crippen LogP contribution in [0, 0.1) is 0 Å². The molecular weight excluding hydrogens is 244 g/mol. The van der Waals surface area contributed by atoms with Crippen LogP contribution >= 0.6 is 0 Å². The van der Waals surface area contributed by atoms with Gasteiger partial charge in [-0.1, -0.05) is 6.92 Å². The van der Waals surface area contributed by atoms with Crippen molar-refractivity contribution in [3.63, 3.8) is 0 Å². The Bertz CT molecular complexity index is 301. The third-order valence-electron chi connectivity index (χ3n) is 3.43. The summed E-state index contributed by atoms with van der Waals surface area (Å²) in [7, 11) is 0. The number of likely N-dealkylation sites (N-methyl/N-ethyl adjacent to an activating group) is 1. The molecule has 1 unspecified atom stereocenters. The van der Waals surface area contributed by atoms with E-state index in [0.717, 1.165) is 19.5 Å². The van der Waals surface area contributed by atoms with Gasteiger partial charge in [0.2, 0.25) is 11.8 Å². The van der Waals surface area contributed by atoms with Crippen molar-refractivity contribution >= 4 is 11.8 Å². The van der Waals surface area contributed by atoms with Crippen molar-refractivity contribution in [3.8, 4) is 0 Å². The molecule has 6 nitrogen and oxygen atoms in total. The van der Waals surface area contributed by atoms with E-state index in [4.69, 9.17) is 5.73 Å². The topological polar surface area (TPSA) is 78.7 Å². The van der Waals surface area contributed by atoms with Gasteiger partial charge in [-0.3, -0.25) is 14.5 Å². The Labute approximate surface area is 115 Å². The molecule has 1 atom stereocenters. The number of amides is 2. The zero-order chi connectivity index (χ0) is 14.3. The van der Waals surface area contributed by atoms with Gasteiger partial charge in [0.1, 0.15) is 0 Å². The molecule has 0 bridgehead atoms. The predicted molar refractivity (Wildman–Crippen MR) is 74.6 cm³/mol. The second kappa shape index (κ2) is 8.12. The van der Waals surface area contributed by atoms with Crippen LogP contribution in [-0.4, -0.2) is 66.9 Å². The average Bonchev–Trinajstić information content (AvgIpc) is 2.39. The van der Waals surface area contributed by atoms with Crippen molar-refractivity contribution in [1.82, 2.24) is 15.1 Å². The number of carbonyl (C=O) groups excluding carboxylic acids is 2. The maximum absolute atomic E-state index is 11.9. The molecule has 110 valence electrons. The minimum atomic E-state index is -0.0409. The number of nitrogens with one attached hydrogen (secondary N) is 1. The molecule has 1 heterocycles. The molecule has 0 aromatic carbocycles. The van der Waals surface area contributed by atoms with Gasteiger partial charge in [-0.2, -0.15) is 0 Å².